The van der Waals surface area contributed by atoms with E-state index in [0.717, 1.165) is 48.4 Å². The molecule has 1 amide bonds. The number of hydrogen-bond acceptors (Lipinski definition) is 6. The van der Waals surface area contributed by atoms with Crippen molar-refractivity contribution < 1.29 is 23.5 Å². The molecule has 0 atom stereocenters. The Hall–Kier alpha value is -6.04. The number of piperidine rings is 1. The van der Waals surface area contributed by atoms with Crippen molar-refractivity contribution in [3.8, 4) is 22.8 Å². The molecular formula is C46H53F2N7O3. The number of nitrogens with zero attached hydrogens (tertiary/aromatic N) is 7. The predicted octanol–water partition coefficient (Wildman–Crippen LogP) is 9.95. The molecule has 1 saturated carbocycles. The second-order valence-electron chi connectivity index (χ2n) is 14.2. The number of rotatable bonds is 10. The molecule has 8 rings (SSSR count). The van der Waals surface area contributed by atoms with Crippen molar-refractivity contribution in [2.45, 2.75) is 91.1 Å². The van der Waals surface area contributed by atoms with Crippen LogP contribution in [0, 0.1) is 11.6 Å². The number of carboxylic acid groups (broad SMARTS) is 1. The number of aromatic nitrogens is 6. The monoisotopic (exact) mass is 789 g/mol. The summed E-state index contributed by atoms with van der Waals surface area (Å²) in [6, 6.07) is 27.2. The average molecular weight is 790 g/mol. The third-order valence-electron chi connectivity index (χ3n) is 10.0. The van der Waals surface area contributed by atoms with Crippen LogP contribution in [0.1, 0.15) is 97.3 Å². The molecule has 0 unspecified atom stereocenters. The van der Waals surface area contributed by atoms with Gasteiger partial charge in [-0.2, -0.15) is 10.2 Å². The van der Waals surface area contributed by atoms with E-state index in [-0.39, 0.29) is 30.7 Å². The topological polar surface area (TPSA) is 119 Å². The van der Waals surface area contributed by atoms with Crippen LogP contribution in [-0.4, -0.2) is 64.5 Å². The summed E-state index contributed by atoms with van der Waals surface area (Å²) in [6.45, 7) is 2.65. The van der Waals surface area contributed by atoms with Gasteiger partial charge in [-0.05, 0) is 97.8 Å². The Labute approximate surface area is 339 Å². The highest BCUT2D eigenvalue weighted by atomic mass is 19.1. The van der Waals surface area contributed by atoms with Crippen molar-refractivity contribution in [3.05, 3.63) is 144 Å². The summed E-state index contributed by atoms with van der Waals surface area (Å²) in [5, 5.41) is 17.9. The van der Waals surface area contributed by atoms with Gasteiger partial charge < -0.3 is 10.0 Å². The lowest BCUT2D eigenvalue weighted by Crippen LogP contribution is -2.35. The van der Waals surface area contributed by atoms with Crippen LogP contribution < -0.4 is 0 Å². The first-order chi connectivity index (χ1) is 27.8. The number of carboxylic acids is 1. The molecule has 2 fully saturated rings. The summed E-state index contributed by atoms with van der Waals surface area (Å²) < 4.78 is 29.5. The first-order valence-corrected chi connectivity index (χ1v) is 19.8. The zero-order valence-corrected chi connectivity index (χ0v) is 32.1. The first-order valence-electron chi connectivity index (χ1n) is 19.8. The second-order valence-corrected chi connectivity index (χ2v) is 14.2. The molecule has 1 N–H and O–H groups in total. The van der Waals surface area contributed by atoms with Crippen molar-refractivity contribution in [1.29, 1.82) is 0 Å². The molecule has 0 radical (unpaired) electrons. The molecular weight excluding hydrogens is 737 g/mol. The average Bonchev–Trinajstić information content (AvgIpc) is 3.91. The number of benzene rings is 2. The van der Waals surface area contributed by atoms with Crippen molar-refractivity contribution in [3.63, 3.8) is 0 Å². The van der Waals surface area contributed by atoms with E-state index >= 15 is 0 Å². The molecule has 10 nitrogen and oxygen atoms in total. The standard InChI is InChI=1S/C22H23FN4O.C17H14FN3O2.C6H12.CH4/c23-18-9-7-17(8-10-18)11-15-27-21(19-6-2-3-12-24-19)16-20(25-27)22(28)26-13-4-1-5-14-26;18-13-6-4-12(5-7-13)8-10-21-16(11-15(20-21)17(22)23)14-3-1-2-9-19-14;1-2-4-6-5-3-1;/h2-3,6-10,12,16H,1,4-5,11,13-15H2;1-7,9,11H,8,10H2,(H,22,23);1-6H2;1H4. The lowest BCUT2D eigenvalue weighted by Gasteiger charge is -2.25. The van der Waals surface area contributed by atoms with E-state index in [1.807, 2.05) is 39.9 Å². The third kappa shape index (κ3) is 12.5. The molecule has 2 aliphatic rings. The summed E-state index contributed by atoms with van der Waals surface area (Å²) >= 11 is 0. The number of carbonyl (C=O) groups is 2. The molecule has 1 aliphatic heterocycles. The number of aryl methyl sites for hydroxylation is 4. The molecule has 1 saturated heterocycles. The number of likely N-dealkylation sites (tertiary alicyclic amines) is 1. The number of hydrogen-bond donors (Lipinski definition) is 1. The SMILES string of the molecule is C.C1CCCCC1.O=C(O)c1cc(-c2ccccn2)n(CCc2ccc(F)cc2)n1.O=C(c1cc(-c2ccccn2)n(CCc2ccc(F)cc2)n1)N1CCCCC1. The largest absolute Gasteiger partial charge is 0.476 e. The Morgan fingerprint density at radius 1 is 0.569 bits per heavy atom. The Kier molecular flexibility index (Phi) is 16.4. The maximum absolute atomic E-state index is 13.1. The van der Waals surface area contributed by atoms with E-state index in [2.05, 4.69) is 20.2 Å². The molecule has 0 bridgehead atoms. The van der Waals surface area contributed by atoms with Gasteiger partial charge >= 0.3 is 5.97 Å². The molecule has 58 heavy (non-hydrogen) atoms. The third-order valence-corrected chi connectivity index (χ3v) is 10.0. The van der Waals surface area contributed by atoms with Gasteiger partial charge in [0.15, 0.2) is 11.4 Å². The molecule has 5 heterocycles. The van der Waals surface area contributed by atoms with Gasteiger partial charge in [0.25, 0.3) is 5.91 Å². The number of aromatic carboxylic acids is 1. The van der Waals surface area contributed by atoms with Gasteiger partial charge in [-0.25, -0.2) is 13.6 Å². The number of carbonyl (C=O) groups excluding carboxylic acids is 1. The highest BCUT2D eigenvalue weighted by molar-refractivity contribution is 5.93. The Morgan fingerprint density at radius 3 is 1.40 bits per heavy atom. The Morgan fingerprint density at radius 2 is 0.983 bits per heavy atom. The van der Waals surface area contributed by atoms with E-state index in [0.29, 0.717) is 43.0 Å². The molecule has 12 heteroatoms. The smallest absolute Gasteiger partial charge is 0.356 e. The highest BCUT2D eigenvalue weighted by Crippen LogP contribution is 2.22. The number of amides is 1. The minimum Gasteiger partial charge on any atom is -0.476 e. The normalized spacial score (nSPS) is 13.6. The fourth-order valence-corrected chi connectivity index (χ4v) is 6.92. The lowest BCUT2D eigenvalue weighted by molar-refractivity contribution is 0.0687. The van der Waals surface area contributed by atoms with Crippen LogP contribution in [0.4, 0.5) is 8.78 Å². The molecule has 1 aliphatic carbocycles. The van der Waals surface area contributed by atoms with Crippen LogP contribution in [-0.2, 0) is 25.9 Å². The quantitative estimate of drug-likeness (QED) is 0.147. The molecule has 4 aromatic heterocycles. The summed E-state index contributed by atoms with van der Waals surface area (Å²) in [6.07, 6.45) is 17.0. The van der Waals surface area contributed by atoms with Gasteiger partial charge in [-0.1, -0.05) is 82.3 Å². The molecule has 304 valence electrons. The van der Waals surface area contributed by atoms with Crippen molar-refractivity contribution in [2.75, 3.05) is 13.1 Å². The molecule has 6 aromatic rings. The van der Waals surface area contributed by atoms with Gasteiger partial charge in [-0.15, -0.1) is 0 Å². The van der Waals surface area contributed by atoms with Crippen molar-refractivity contribution in [2.24, 2.45) is 0 Å². The van der Waals surface area contributed by atoms with Crippen molar-refractivity contribution in [1.82, 2.24) is 34.4 Å². The second kappa shape index (κ2) is 22.0. The Balaban J connectivity index is 0.000000193. The van der Waals surface area contributed by atoms with E-state index in [1.54, 1.807) is 53.5 Å². The van der Waals surface area contributed by atoms with E-state index in [4.69, 9.17) is 5.11 Å². The van der Waals surface area contributed by atoms with Crippen LogP contribution in [0.25, 0.3) is 22.8 Å². The fraction of sp³-hybridized carbons (Fsp3) is 0.348. The minimum absolute atomic E-state index is 0. The van der Waals surface area contributed by atoms with Crippen molar-refractivity contribution >= 4 is 11.9 Å². The zero-order chi connectivity index (χ0) is 39.8. The van der Waals surface area contributed by atoms with Crippen LogP contribution in [0.15, 0.2) is 109 Å². The van der Waals surface area contributed by atoms with E-state index < -0.39 is 5.97 Å². The van der Waals surface area contributed by atoms with Crippen LogP contribution in [0.5, 0.6) is 0 Å². The summed E-state index contributed by atoms with van der Waals surface area (Å²) in [5.74, 6) is -1.62. The van der Waals surface area contributed by atoms with Gasteiger partial charge in [0.1, 0.15) is 11.6 Å². The molecule has 0 spiro atoms. The predicted molar refractivity (Wildman–Crippen MR) is 222 cm³/mol. The Bertz CT molecular complexity index is 2130. The van der Waals surface area contributed by atoms with Crippen LogP contribution >= 0.6 is 0 Å². The summed E-state index contributed by atoms with van der Waals surface area (Å²) in [4.78, 5) is 34.6. The number of pyridine rings is 2. The highest BCUT2D eigenvalue weighted by Gasteiger charge is 2.23. The first kappa shape index (κ1) is 43.1. The number of halogens is 2. The maximum atomic E-state index is 13.1. The van der Waals surface area contributed by atoms with Gasteiger partial charge in [0.2, 0.25) is 0 Å². The van der Waals surface area contributed by atoms with Gasteiger partial charge in [0, 0.05) is 44.6 Å². The summed E-state index contributed by atoms with van der Waals surface area (Å²) in [7, 11) is 0. The van der Waals surface area contributed by atoms with Crippen LogP contribution in [0.3, 0.4) is 0 Å². The van der Waals surface area contributed by atoms with Gasteiger partial charge in [0.05, 0.1) is 22.8 Å². The molecule has 2 aromatic carbocycles. The van der Waals surface area contributed by atoms with E-state index in [9.17, 15) is 18.4 Å². The van der Waals surface area contributed by atoms with Crippen LogP contribution in [0.2, 0.25) is 0 Å². The minimum atomic E-state index is -1.08. The zero-order valence-electron chi connectivity index (χ0n) is 32.1. The van der Waals surface area contributed by atoms with E-state index in [1.165, 1.54) is 75.3 Å². The van der Waals surface area contributed by atoms with Gasteiger partial charge in [-0.3, -0.25) is 24.1 Å². The maximum Gasteiger partial charge on any atom is 0.356 e. The summed E-state index contributed by atoms with van der Waals surface area (Å²) in [5.41, 5.74) is 5.32. The lowest BCUT2D eigenvalue weighted by atomic mass is 10.0. The fourth-order valence-electron chi connectivity index (χ4n) is 6.92.